The van der Waals surface area contributed by atoms with Gasteiger partial charge >= 0.3 is 0 Å². The molecule has 1 aliphatic heterocycles. The van der Waals surface area contributed by atoms with Crippen LogP contribution in [0.3, 0.4) is 0 Å². The molecule has 1 N–H and O–H groups in total. The number of halogens is 1. The predicted molar refractivity (Wildman–Crippen MR) is 83.6 cm³/mol. The molecule has 3 heteroatoms. The summed E-state index contributed by atoms with van der Waals surface area (Å²) in [6.45, 7) is 9.16. The maximum absolute atomic E-state index is 14.2. The van der Waals surface area contributed by atoms with Gasteiger partial charge in [0.05, 0.1) is 0 Å². The summed E-state index contributed by atoms with van der Waals surface area (Å²) in [4.78, 5) is 2.37. The Kier molecular flexibility index (Phi) is 5.41. The molecule has 1 aromatic rings. The van der Waals surface area contributed by atoms with Gasteiger partial charge in [-0.15, -0.1) is 0 Å². The average molecular weight is 278 g/mol. The number of benzene rings is 1. The van der Waals surface area contributed by atoms with Crippen LogP contribution >= 0.6 is 0 Å². The fraction of sp³-hybridized carbons (Fsp3) is 0.647. The Hall–Kier alpha value is -1.09. The van der Waals surface area contributed by atoms with Crippen LogP contribution in [0.1, 0.15) is 45.6 Å². The molecule has 1 heterocycles. The predicted octanol–water partition coefficient (Wildman–Crippen LogP) is 3.95. The topological polar surface area (TPSA) is 15.3 Å². The number of hydrogen-bond acceptors (Lipinski definition) is 2. The van der Waals surface area contributed by atoms with Crippen molar-refractivity contribution in [3.8, 4) is 0 Å². The molecular formula is C17H27FN2. The molecule has 1 aromatic carbocycles. The highest BCUT2D eigenvalue weighted by Gasteiger charge is 2.22. The largest absolute Gasteiger partial charge is 0.368 e. The van der Waals surface area contributed by atoms with Crippen LogP contribution in [0, 0.1) is 11.7 Å². The van der Waals surface area contributed by atoms with Crippen LogP contribution < -0.4 is 10.2 Å². The molecular weight excluding hydrogens is 251 g/mol. The van der Waals surface area contributed by atoms with Crippen LogP contribution in [0.15, 0.2) is 18.2 Å². The Bertz CT molecular complexity index is 431. The van der Waals surface area contributed by atoms with Gasteiger partial charge in [0.2, 0.25) is 0 Å². The van der Waals surface area contributed by atoms with Gasteiger partial charge in [0, 0.05) is 30.4 Å². The summed E-state index contributed by atoms with van der Waals surface area (Å²) >= 11 is 0. The van der Waals surface area contributed by atoms with Crippen LogP contribution in [0.4, 0.5) is 10.1 Å². The van der Waals surface area contributed by atoms with Crippen molar-refractivity contribution in [1.29, 1.82) is 0 Å². The Balaban J connectivity index is 2.16. The Morgan fingerprint density at radius 2 is 2.15 bits per heavy atom. The lowest BCUT2D eigenvalue weighted by molar-refractivity contribution is 0.479. The van der Waals surface area contributed by atoms with Crippen LogP contribution in [-0.2, 0) is 6.54 Å². The minimum absolute atomic E-state index is 0.0865. The number of piperidine rings is 1. The van der Waals surface area contributed by atoms with Crippen molar-refractivity contribution in [2.24, 2.45) is 5.92 Å². The van der Waals surface area contributed by atoms with Gasteiger partial charge in [0.1, 0.15) is 5.82 Å². The highest BCUT2D eigenvalue weighted by molar-refractivity contribution is 5.55. The van der Waals surface area contributed by atoms with Crippen molar-refractivity contribution in [3.63, 3.8) is 0 Å². The molecule has 2 nitrogen and oxygen atoms in total. The second-order valence-electron chi connectivity index (χ2n) is 6.30. The third kappa shape index (κ3) is 3.72. The molecule has 1 atom stereocenters. The quantitative estimate of drug-likeness (QED) is 0.877. The molecule has 0 aromatic heterocycles. The molecule has 1 aliphatic rings. The van der Waals surface area contributed by atoms with Crippen LogP contribution in [0.25, 0.3) is 0 Å². The first-order chi connectivity index (χ1) is 9.59. The molecule has 0 spiro atoms. The highest BCUT2D eigenvalue weighted by Crippen LogP contribution is 2.29. The van der Waals surface area contributed by atoms with E-state index in [4.69, 9.17) is 0 Å². The fourth-order valence-corrected chi connectivity index (χ4v) is 2.93. The first kappa shape index (κ1) is 15.3. The number of nitrogens with zero attached hydrogens (tertiary/aromatic N) is 1. The second-order valence-corrected chi connectivity index (χ2v) is 6.30. The van der Waals surface area contributed by atoms with Gasteiger partial charge in [-0.3, -0.25) is 0 Å². The van der Waals surface area contributed by atoms with Crippen molar-refractivity contribution in [3.05, 3.63) is 29.6 Å². The van der Waals surface area contributed by atoms with E-state index in [1.807, 2.05) is 6.07 Å². The summed E-state index contributed by atoms with van der Waals surface area (Å²) in [6, 6.07) is 5.98. The molecule has 2 rings (SSSR count). The van der Waals surface area contributed by atoms with Gasteiger partial charge in [-0.05, 0) is 50.8 Å². The van der Waals surface area contributed by atoms with E-state index in [0.717, 1.165) is 24.3 Å². The highest BCUT2D eigenvalue weighted by atomic mass is 19.1. The first-order valence-corrected chi connectivity index (χ1v) is 7.84. The van der Waals surface area contributed by atoms with Gasteiger partial charge in [0.15, 0.2) is 0 Å². The fourth-order valence-electron chi connectivity index (χ4n) is 2.93. The SMILES string of the molecule is CC(C)CNCc1c(F)cccc1N1CCCCC1C. The minimum atomic E-state index is -0.0865. The van der Waals surface area contributed by atoms with E-state index < -0.39 is 0 Å². The second kappa shape index (κ2) is 7.07. The maximum Gasteiger partial charge on any atom is 0.129 e. The average Bonchev–Trinajstić information content (AvgIpc) is 2.41. The van der Waals surface area contributed by atoms with Crippen LogP contribution in [0.2, 0.25) is 0 Å². The first-order valence-electron chi connectivity index (χ1n) is 7.84. The zero-order valence-electron chi connectivity index (χ0n) is 13.0. The lowest BCUT2D eigenvalue weighted by Gasteiger charge is -2.36. The van der Waals surface area contributed by atoms with E-state index in [-0.39, 0.29) is 5.82 Å². The molecule has 0 bridgehead atoms. The maximum atomic E-state index is 14.2. The molecule has 0 amide bonds. The lowest BCUT2D eigenvalue weighted by atomic mass is 10.0. The minimum Gasteiger partial charge on any atom is -0.368 e. The zero-order chi connectivity index (χ0) is 14.5. The van der Waals surface area contributed by atoms with E-state index in [2.05, 4.69) is 37.1 Å². The Labute approximate surface area is 122 Å². The Morgan fingerprint density at radius 3 is 2.85 bits per heavy atom. The van der Waals surface area contributed by atoms with Crippen LogP contribution in [0.5, 0.6) is 0 Å². The molecule has 1 saturated heterocycles. The lowest BCUT2D eigenvalue weighted by Crippen LogP contribution is -2.38. The molecule has 1 unspecified atom stereocenters. The van der Waals surface area contributed by atoms with Gasteiger partial charge in [0.25, 0.3) is 0 Å². The summed E-state index contributed by atoms with van der Waals surface area (Å²) in [7, 11) is 0. The number of anilines is 1. The summed E-state index contributed by atoms with van der Waals surface area (Å²) < 4.78 is 14.2. The standard InChI is InChI=1S/C17H27FN2/c1-13(2)11-19-12-15-16(18)8-6-9-17(15)20-10-5-4-7-14(20)3/h6,8-9,13-14,19H,4-5,7,10-12H2,1-3H3. The summed E-state index contributed by atoms with van der Waals surface area (Å²) in [5, 5.41) is 3.37. The van der Waals surface area contributed by atoms with Crippen molar-refractivity contribution in [2.75, 3.05) is 18.0 Å². The molecule has 112 valence electrons. The normalized spacial score (nSPS) is 19.6. The molecule has 0 radical (unpaired) electrons. The Morgan fingerprint density at radius 1 is 1.35 bits per heavy atom. The molecule has 20 heavy (non-hydrogen) atoms. The smallest absolute Gasteiger partial charge is 0.129 e. The van der Waals surface area contributed by atoms with Gasteiger partial charge in [-0.2, -0.15) is 0 Å². The number of nitrogens with one attached hydrogen (secondary N) is 1. The van der Waals surface area contributed by atoms with Gasteiger partial charge < -0.3 is 10.2 Å². The van der Waals surface area contributed by atoms with E-state index in [1.54, 1.807) is 6.07 Å². The van der Waals surface area contributed by atoms with E-state index in [1.165, 1.54) is 19.3 Å². The van der Waals surface area contributed by atoms with E-state index >= 15 is 0 Å². The monoisotopic (exact) mass is 278 g/mol. The summed E-state index contributed by atoms with van der Waals surface area (Å²) in [5.41, 5.74) is 1.90. The zero-order valence-corrected chi connectivity index (χ0v) is 13.0. The van der Waals surface area contributed by atoms with Gasteiger partial charge in [-0.1, -0.05) is 19.9 Å². The third-order valence-electron chi connectivity index (χ3n) is 4.06. The summed E-state index contributed by atoms with van der Waals surface area (Å²) in [5.74, 6) is 0.496. The van der Waals surface area contributed by atoms with Crippen molar-refractivity contribution in [1.82, 2.24) is 5.32 Å². The molecule has 1 fully saturated rings. The number of rotatable bonds is 5. The molecule has 0 aliphatic carbocycles. The van der Waals surface area contributed by atoms with Crippen molar-refractivity contribution < 1.29 is 4.39 Å². The van der Waals surface area contributed by atoms with Crippen molar-refractivity contribution in [2.45, 2.75) is 52.6 Å². The van der Waals surface area contributed by atoms with Crippen molar-refractivity contribution >= 4 is 5.69 Å². The molecule has 0 saturated carbocycles. The van der Waals surface area contributed by atoms with Gasteiger partial charge in [-0.25, -0.2) is 4.39 Å². The van der Waals surface area contributed by atoms with E-state index in [0.29, 0.717) is 18.5 Å². The third-order valence-corrected chi connectivity index (χ3v) is 4.06. The summed E-state index contributed by atoms with van der Waals surface area (Å²) in [6.07, 6.45) is 3.70. The van der Waals surface area contributed by atoms with Crippen LogP contribution in [-0.4, -0.2) is 19.1 Å². The number of hydrogen-bond donors (Lipinski definition) is 1. The van der Waals surface area contributed by atoms with E-state index in [9.17, 15) is 4.39 Å².